The number of alkyl halides is 2. The van der Waals surface area contributed by atoms with E-state index in [0.717, 1.165) is 32.4 Å². The fraction of sp³-hybridized carbons (Fsp3) is 0.588. The zero-order chi connectivity index (χ0) is 17.5. The van der Waals surface area contributed by atoms with Gasteiger partial charge >= 0.3 is 6.61 Å². The summed E-state index contributed by atoms with van der Waals surface area (Å²) in [6.07, 6.45) is 2.07. The highest BCUT2D eigenvalue weighted by Gasteiger charge is 2.27. The first-order valence-electron chi connectivity index (χ1n) is 8.26. The monoisotopic (exact) mass is 342 g/mol. The van der Waals surface area contributed by atoms with Crippen LogP contribution in [-0.2, 0) is 4.79 Å². The molecule has 7 heteroatoms. The number of benzene rings is 1. The zero-order valence-electron chi connectivity index (χ0n) is 13.8. The van der Waals surface area contributed by atoms with Crippen LogP contribution in [0.1, 0.15) is 37.9 Å². The van der Waals surface area contributed by atoms with Crippen molar-refractivity contribution in [1.29, 1.82) is 0 Å². The number of hydrogen-bond acceptors (Lipinski definition) is 4. The van der Waals surface area contributed by atoms with Crippen molar-refractivity contribution < 1.29 is 23.4 Å². The van der Waals surface area contributed by atoms with Crippen LogP contribution < -0.4 is 10.1 Å². The molecule has 2 N–H and O–H groups in total. The van der Waals surface area contributed by atoms with Gasteiger partial charge in [-0.25, -0.2) is 0 Å². The summed E-state index contributed by atoms with van der Waals surface area (Å²) in [6.45, 7) is 0.984. The van der Waals surface area contributed by atoms with Crippen LogP contribution in [-0.4, -0.2) is 48.2 Å². The van der Waals surface area contributed by atoms with Crippen LogP contribution in [0.15, 0.2) is 24.3 Å². The maximum Gasteiger partial charge on any atom is 0.387 e. The predicted molar refractivity (Wildman–Crippen MR) is 85.9 cm³/mol. The fourth-order valence-electron chi connectivity index (χ4n) is 2.97. The number of aliphatic hydroxyl groups is 1. The molecular weight excluding hydrogens is 318 g/mol. The Morgan fingerprint density at radius 3 is 2.71 bits per heavy atom. The highest BCUT2D eigenvalue weighted by Crippen LogP contribution is 2.20. The molecule has 0 unspecified atom stereocenters. The number of halogens is 2. The van der Waals surface area contributed by atoms with Crippen LogP contribution in [0.4, 0.5) is 8.78 Å². The highest BCUT2D eigenvalue weighted by molar-refractivity contribution is 5.81. The molecule has 0 aliphatic carbocycles. The number of nitrogens with one attached hydrogen (secondary N) is 1. The van der Waals surface area contributed by atoms with Gasteiger partial charge in [-0.2, -0.15) is 8.78 Å². The Morgan fingerprint density at radius 2 is 2.08 bits per heavy atom. The van der Waals surface area contributed by atoms with Gasteiger partial charge in [0.25, 0.3) is 0 Å². The minimum Gasteiger partial charge on any atom is -0.435 e. The summed E-state index contributed by atoms with van der Waals surface area (Å²) in [5.74, 6) is -0.0426. The Hall–Kier alpha value is -1.73. The number of piperidine rings is 1. The van der Waals surface area contributed by atoms with Crippen LogP contribution in [0.25, 0.3) is 0 Å². The minimum absolute atomic E-state index is 0.0331. The van der Waals surface area contributed by atoms with Crippen LogP contribution >= 0.6 is 0 Å². The molecular formula is C17H24F2N2O3. The number of ether oxygens (including phenoxy) is 1. The first kappa shape index (κ1) is 18.6. The lowest BCUT2D eigenvalue weighted by Gasteiger charge is -2.33. The van der Waals surface area contributed by atoms with Crippen molar-refractivity contribution in [3.8, 4) is 5.75 Å². The van der Waals surface area contributed by atoms with E-state index in [9.17, 15) is 18.7 Å². The number of carbonyl (C=O) groups is 1. The second kappa shape index (κ2) is 8.94. The lowest BCUT2D eigenvalue weighted by molar-refractivity contribution is -0.128. The Kier molecular flexibility index (Phi) is 6.93. The smallest absolute Gasteiger partial charge is 0.387 e. The number of rotatable bonds is 7. The van der Waals surface area contributed by atoms with E-state index in [2.05, 4.69) is 15.0 Å². The average molecular weight is 342 g/mol. The minimum atomic E-state index is -2.88. The second-order valence-corrected chi connectivity index (χ2v) is 5.85. The quantitative estimate of drug-likeness (QED) is 0.798. The van der Waals surface area contributed by atoms with Gasteiger partial charge in [-0.3, -0.25) is 9.69 Å². The molecule has 5 nitrogen and oxygen atoms in total. The van der Waals surface area contributed by atoms with E-state index >= 15 is 0 Å². The van der Waals surface area contributed by atoms with Crippen LogP contribution in [0.5, 0.6) is 5.75 Å². The lowest BCUT2D eigenvalue weighted by Crippen LogP contribution is -2.49. The molecule has 1 aliphatic heterocycles. The first-order chi connectivity index (χ1) is 11.5. The standard InChI is InChI=1S/C17H24F2N2O3/c1-2-21-10-4-3-5-14(21)16(23)20-11-15(22)12-6-8-13(9-7-12)24-17(18)19/h6-9,14-15,17,22H,2-5,10-11H2,1H3,(H,20,23)/t14-,15+/m0/s1. The van der Waals surface area contributed by atoms with Gasteiger partial charge in [0.05, 0.1) is 12.1 Å². The summed E-state index contributed by atoms with van der Waals surface area (Å²) in [4.78, 5) is 14.5. The third-order valence-corrected chi connectivity index (χ3v) is 4.28. The molecule has 24 heavy (non-hydrogen) atoms. The zero-order valence-corrected chi connectivity index (χ0v) is 13.8. The summed E-state index contributed by atoms with van der Waals surface area (Å²) < 4.78 is 28.5. The van der Waals surface area contributed by atoms with Gasteiger partial charge in [-0.1, -0.05) is 25.5 Å². The molecule has 134 valence electrons. The van der Waals surface area contributed by atoms with Crippen molar-refractivity contribution in [2.45, 2.75) is 44.9 Å². The molecule has 2 rings (SSSR count). The molecule has 1 aromatic carbocycles. The molecule has 1 amide bonds. The van der Waals surface area contributed by atoms with Gasteiger partial charge in [0.15, 0.2) is 0 Å². The van der Waals surface area contributed by atoms with E-state index in [1.54, 1.807) is 0 Å². The van der Waals surface area contributed by atoms with Gasteiger partial charge in [-0.15, -0.1) is 0 Å². The summed E-state index contributed by atoms with van der Waals surface area (Å²) in [5.41, 5.74) is 0.535. The van der Waals surface area contributed by atoms with E-state index < -0.39 is 12.7 Å². The fourth-order valence-corrected chi connectivity index (χ4v) is 2.97. The molecule has 0 aromatic heterocycles. The Balaban J connectivity index is 1.85. The maximum atomic E-state index is 12.3. The van der Waals surface area contributed by atoms with E-state index in [-0.39, 0.29) is 24.2 Å². The number of likely N-dealkylation sites (N-methyl/N-ethyl adjacent to an activating group) is 1. The van der Waals surface area contributed by atoms with E-state index in [1.165, 1.54) is 24.3 Å². The van der Waals surface area contributed by atoms with Crippen molar-refractivity contribution in [2.75, 3.05) is 19.6 Å². The van der Waals surface area contributed by atoms with Crippen molar-refractivity contribution in [1.82, 2.24) is 10.2 Å². The van der Waals surface area contributed by atoms with Crippen molar-refractivity contribution in [3.63, 3.8) is 0 Å². The third kappa shape index (κ3) is 5.14. The lowest BCUT2D eigenvalue weighted by atomic mass is 10.0. The molecule has 0 spiro atoms. The largest absolute Gasteiger partial charge is 0.435 e. The Labute approximate surface area is 140 Å². The van der Waals surface area contributed by atoms with E-state index in [1.807, 2.05) is 6.92 Å². The molecule has 2 atom stereocenters. The van der Waals surface area contributed by atoms with Gasteiger partial charge in [-0.05, 0) is 43.6 Å². The molecule has 1 heterocycles. The summed E-state index contributed by atoms with van der Waals surface area (Å²) in [6, 6.07) is 5.61. The van der Waals surface area contributed by atoms with Gasteiger partial charge in [0.2, 0.25) is 5.91 Å². The molecule has 0 saturated carbocycles. The molecule has 1 aromatic rings. The van der Waals surface area contributed by atoms with E-state index in [0.29, 0.717) is 5.56 Å². The summed E-state index contributed by atoms with van der Waals surface area (Å²) >= 11 is 0. The van der Waals surface area contributed by atoms with Gasteiger partial charge in [0, 0.05) is 6.54 Å². The maximum absolute atomic E-state index is 12.3. The van der Waals surface area contributed by atoms with Gasteiger partial charge < -0.3 is 15.2 Å². The van der Waals surface area contributed by atoms with Crippen LogP contribution in [0.3, 0.4) is 0 Å². The number of amides is 1. The van der Waals surface area contributed by atoms with E-state index in [4.69, 9.17) is 0 Å². The molecule has 1 fully saturated rings. The normalized spacial score (nSPS) is 20.0. The Morgan fingerprint density at radius 1 is 1.38 bits per heavy atom. The molecule has 0 radical (unpaired) electrons. The first-order valence-corrected chi connectivity index (χ1v) is 8.26. The molecule has 1 aliphatic rings. The predicted octanol–water partition coefficient (Wildman–Crippen LogP) is 2.31. The Bertz CT molecular complexity index is 525. The van der Waals surface area contributed by atoms with Crippen molar-refractivity contribution >= 4 is 5.91 Å². The number of hydrogen-bond donors (Lipinski definition) is 2. The van der Waals surface area contributed by atoms with Crippen LogP contribution in [0.2, 0.25) is 0 Å². The number of nitrogens with zero attached hydrogens (tertiary/aromatic N) is 1. The van der Waals surface area contributed by atoms with Crippen molar-refractivity contribution in [3.05, 3.63) is 29.8 Å². The topological polar surface area (TPSA) is 61.8 Å². The summed E-state index contributed by atoms with van der Waals surface area (Å²) in [5, 5.41) is 12.9. The number of likely N-dealkylation sites (tertiary alicyclic amines) is 1. The molecule has 0 bridgehead atoms. The third-order valence-electron chi connectivity index (χ3n) is 4.28. The summed E-state index contributed by atoms with van der Waals surface area (Å²) in [7, 11) is 0. The van der Waals surface area contributed by atoms with Crippen molar-refractivity contribution in [2.24, 2.45) is 0 Å². The average Bonchev–Trinajstić information content (AvgIpc) is 2.59. The second-order valence-electron chi connectivity index (χ2n) is 5.85. The van der Waals surface area contributed by atoms with Gasteiger partial charge in [0.1, 0.15) is 5.75 Å². The number of aliphatic hydroxyl groups excluding tert-OH is 1. The van der Waals surface area contributed by atoms with Crippen LogP contribution in [0, 0.1) is 0 Å². The molecule has 1 saturated heterocycles. The SMILES string of the molecule is CCN1CCCC[C@H]1C(=O)NC[C@@H](O)c1ccc(OC(F)F)cc1. The number of carbonyl (C=O) groups excluding carboxylic acids is 1. The highest BCUT2D eigenvalue weighted by atomic mass is 19.3.